The van der Waals surface area contributed by atoms with Crippen LogP contribution in [0.5, 0.6) is 5.75 Å². The van der Waals surface area contributed by atoms with E-state index in [0.717, 1.165) is 45.8 Å². The van der Waals surface area contributed by atoms with Gasteiger partial charge in [-0.2, -0.15) is 0 Å². The van der Waals surface area contributed by atoms with E-state index in [1.54, 1.807) is 12.1 Å². The van der Waals surface area contributed by atoms with Gasteiger partial charge < -0.3 is 14.4 Å². The topological polar surface area (TPSA) is 38.8 Å². The molecule has 0 aliphatic carbocycles. The van der Waals surface area contributed by atoms with Crippen LogP contribution < -0.4 is 9.64 Å². The van der Waals surface area contributed by atoms with Crippen molar-refractivity contribution < 1.29 is 14.3 Å². The Hall–Kier alpha value is -5.09. The van der Waals surface area contributed by atoms with Gasteiger partial charge >= 0.3 is 5.97 Å². The fraction of sp³-hybridized carbons (Fsp3) is 0.175. The lowest BCUT2D eigenvalue weighted by Crippen LogP contribution is -2.44. The van der Waals surface area contributed by atoms with Crippen LogP contribution in [0.15, 0.2) is 133 Å². The quantitative estimate of drug-likeness (QED) is 0.163. The van der Waals surface area contributed by atoms with Crippen molar-refractivity contribution in [2.75, 3.05) is 4.90 Å². The summed E-state index contributed by atoms with van der Waals surface area (Å²) in [6.07, 6.45) is 2.33. The van der Waals surface area contributed by atoms with Crippen molar-refractivity contribution in [1.29, 1.82) is 0 Å². The average Bonchev–Trinajstić information content (AvgIpc) is 3.05. The number of rotatable bonds is 9. The molecule has 4 heteroatoms. The monoisotopic (exact) mass is 579 g/mol. The molecule has 0 amide bonds. The summed E-state index contributed by atoms with van der Waals surface area (Å²) < 4.78 is 12.2. The van der Waals surface area contributed by atoms with E-state index in [2.05, 4.69) is 80.3 Å². The molecule has 1 heterocycles. The number of ether oxygens (including phenoxy) is 2. The van der Waals surface area contributed by atoms with E-state index in [9.17, 15) is 4.79 Å². The van der Waals surface area contributed by atoms with E-state index in [0.29, 0.717) is 12.2 Å². The number of hydrogen-bond acceptors (Lipinski definition) is 4. The molecule has 0 bridgehead atoms. The summed E-state index contributed by atoms with van der Waals surface area (Å²) in [6.45, 7) is 7.99. The van der Waals surface area contributed by atoms with Gasteiger partial charge in [-0.3, -0.25) is 0 Å². The minimum absolute atomic E-state index is 0.144. The van der Waals surface area contributed by atoms with Gasteiger partial charge in [-0.15, -0.1) is 0 Å². The number of carbonyl (C=O) groups is 1. The van der Waals surface area contributed by atoms with E-state index in [1.807, 2.05) is 66.7 Å². The molecule has 5 aromatic rings. The van der Waals surface area contributed by atoms with E-state index in [1.165, 1.54) is 11.1 Å². The maximum Gasteiger partial charge on any atom is 0.338 e. The average molecular weight is 580 g/mol. The number of anilines is 1. The summed E-state index contributed by atoms with van der Waals surface area (Å²) in [6, 6.07) is 42.3. The molecular formula is C40H37NO3. The Morgan fingerprint density at radius 2 is 1.34 bits per heavy atom. The van der Waals surface area contributed by atoms with Gasteiger partial charge in [0.25, 0.3) is 0 Å². The zero-order valence-corrected chi connectivity index (χ0v) is 25.5. The summed E-state index contributed by atoms with van der Waals surface area (Å²) in [4.78, 5) is 15.6. The van der Waals surface area contributed by atoms with Crippen LogP contribution in [-0.2, 0) is 24.5 Å². The zero-order chi connectivity index (χ0) is 30.5. The van der Waals surface area contributed by atoms with Crippen molar-refractivity contribution in [3.63, 3.8) is 0 Å². The number of benzene rings is 5. The minimum atomic E-state index is -0.339. The molecule has 1 aliphatic heterocycles. The first-order valence-electron chi connectivity index (χ1n) is 15.1. The molecule has 0 saturated carbocycles. The third-order valence-corrected chi connectivity index (χ3v) is 8.23. The second-order valence-electron chi connectivity index (χ2n) is 11.7. The Bertz CT molecular complexity index is 1780. The number of allylic oxidation sites excluding steroid dienone is 1. The lowest BCUT2D eigenvalue weighted by Gasteiger charge is -2.44. The summed E-state index contributed by atoms with van der Waals surface area (Å²) in [5, 5.41) is 0. The maximum atomic E-state index is 13.2. The standard InChI is InChI=1S/C40H37NO3/c1-29-25-40(2,3)41(26-30-15-7-4-8-16-30)37-24-23-35(36(38(29)37)28-44-39(42)31-17-9-5-10-18-31)34-22-14-13-19-32(34)27-43-33-20-11-6-12-21-33/h4-25H,26-28H2,1-3H3. The maximum absolute atomic E-state index is 13.2. The molecule has 5 aromatic carbocycles. The first kappa shape index (κ1) is 29.0. The highest BCUT2D eigenvalue weighted by molar-refractivity contribution is 5.91. The molecule has 0 atom stereocenters. The molecule has 0 unspecified atom stereocenters. The molecule has 4 nitrogen and oxygen atoms in total. The van der Waals surface area contributed by atoms with Crippen LogP contribution in [0.2, 0.25) is 0 Å². The molecule has 44 heavy (non-hydrogen) atoms. The summed E-state index contributed by atoms with van der Waals surface area (Å²) in [5.41, 5.74) is 9.11. The van der Waals surface area contributed by atoms with Crippen molar-refractivity contribution in [1.82, 2.24) is 0 Å². The van der Waals surface area contributed by atoms with Crippen LogP contribution in [0.25, 0.3) is 16.7 Å². The number of fused-ring (bicyclic) bond motifs is 1. The molecule has 0 radical (unpaired) electrons. The van der Waals surface area contributed by atoms with Crippen LogP contribution >= 0.6 is 0 Å². The molecule has 0 aromatic heterocycles. The Kier molecular flexibility index (Phi) is 8.33. The molecule has 0 spiro atoms. The molecule has 6 rings (SSSR count). The summed E-state index contributed by atoms with van der Waals surface area (Å²) >= 11 is 0. The van der Waals surface area contributed by atoms with Crippen LogP contribution in [0.1, 0.15) is 53.4 Å². The van der Waals surface area contributed by atoms with Crippen LogP contribution in [0, 0.1) is 0 Å². The molecular weight excluding hydrogens is 542 g/mol. The second-order valence-corrected chi connectivity index (χ2v) is 11.7. The molecule has 1 aliphatic rings. The molecule has 220 valence electrons. The highest BCUT2D eigenvalue weighted by Gasteiger charge is 2.34. The Morgan fingerprint density at radius 1 is 0.705 bits per heavy atom. The van der Waals surface area contributed by atoms with Crippen molar-refractivity contribution in [3.05, 3.63) is 161 Å². The number of carbonyl (C=O) groups excluding carboxylic acids is 1. The van der Waals surface area contributed by atoms with E-state index in [-0.39, 0.29) is 18.1 Å². The van der Waals surface area contributed by atoms with Crippen molar-refractivity contribution in [2.45, 2.75) is 46.1 Å². The highest BCUT2D eigenvalue weighted by atomic mass is 16.5. The van der Waals surface area contributed by atoms with Crippen molar-refractivity contribution >= 4 is 17.2 Å². The smallest absolute Gasteiger partial charge is 0.338 e. The van der Waals surface area contributed by atoms with Gasteiger partial charge in [0.15, 0.2) is 0 Å². The number of esters is 1. The van der Waals surface area contributed by atoms with E-state index in [4.69, 9.17) is 9.47 Å². The Labute approximate surface area is 260 Å². The zero-order valence-electron chi connectivity index (χ0n) is 25.5. The van der Waals surface area contributed by atoms with E-state index >= 15 is 0 Å². The van der Waals surface area contributed by atoms with Crippen molar-refractivity contribution in [2.24, 2.45) is 0 Å². The van der Waals surface area contributed by atoms with Gasteiger partial charge in [0.05, 0.1) is 11.1 Å². The second kappa shape index (κ2) is 12.6. The van der Waals surface area contributed by atoms with Gasteiger partial charge in [-0.1, -0.05) is 103 Å². The molecule has 0 saturated heterocycles. The predicted molar refractivity (Wildman–Crippen MR) is 179 cm³/mol. The highest BCUT2D eigenvalue weighted by Crippen LogP contribution is 2.45. The SMILES string of the molecule is CC1=CC(C)(C)N(Cc2ccccc2)c2ccc(-c3ccccc3COc3ccccc3)c(COC(=O)c3ccccc3)c21. The summed E-state index contributed by atoms with van der Waals surface area (Å²) in [7, 11) is 0. The fourth-order valence-electron chi connectivity index (χ4n) is 6.13. The van der Waals surface area contributed by atoms with Crippen LogP contribution in [-0.4, -0.2) is 11.5 Å². The minimum Gasteiger partial charge on any atom is -0.489 e. The third-order valence-electron chi connectivity index (χ3n) is 8.23. The first-order valence-corrected chi connectivity index (χ1v) is 15.1. The summed E-state index contributed by atoms with van der Waals surface area (Å²) in [5.74, 6) is 0.482. The Balaban J connectivity index is 1.45. The van der Waals surface area contributed by atoms with Crippen LogP contribution in [0.3, 0.4) is 0 Å². The largest absolute Gasteiger partial charge is 0.489 e. The third kappa shape index (κ3) is 6.16. The predicted octanol–water partition coefficient (Wildman–Crippen LogP) is 9.49. The lowest BCUT2D eigenvalue weighted by atomic mass is 9.83. The number of para-hydroxylation sites is 1. The Morgan fingerprint density at radius 3 is 2.07 bits per heavy atom. The lowest BCUT2D eigenvalue weighted by molar-refractivity contribution is 0.0473. The first-order chi connectivity index (χ1) is 21.4. The van der Waals surface area contributed by atoms with Gasteiger partial charge in [-0.05, 0) is 78.9 Å². The molecule has 0 N–H and O–H groups in total. The van der Waals surface area contributed by atoms with Gasteiger partial charge in [0.2, 0.25) is 0 Å². The normalized spacial score (nSPS) is 13.5. The number of hydrogen-bond donors (Lipinski definition) is 0. The molecule has 0 fully saturated rings. The van der Waals surface area contributed by atoms with Crippen LogP contribution in [0.4, 0.5) is 5.69 Å². The number of nitrogens with zero attached hydrogens (tertiary/aromatic N) is 1. The van der Waals surface area contributed by atoms with Crippen molar-refractivity contribution in [3.8, 4) is 16.9 Å². The van der Waals surface area contributed by atoms with E-state index < -0.39 is 0 Å². The fourth-order valence-corrected chi connectivity index (χ4v) is 6.13. The van der Waals surface area contributed by atoms with Gasteiger partial charge in [0.1, 0.15) is 19.0 Å². The van der Waals surface area contributed by atoms with Gasteiger partial charge in [0, 0.05) is 23.4 Å². The van der Waals surface area contributed by atoms with Gasteiger partial charge in [-0.25, -0.2) is 4.79 Å².